The van der Waals surface area contributed by atoms with Crippen molar-refractivity contribution in [3.05, 3.63) is 63.9 Å². The number of rotatable bonds is 6. The highest BCUT2D eigenvalue weighted by Crippen LogP contribution is 2.43. The highest BCUT2D eigenvalue weighted by Gasteiger charge is 2.46. The maximum Gasteiger partial charge on any atom is 0.429 e. The zero-order valence-electron chi connectivity index (χ0n) is 21.4. The highest BCUT2D eigenvalue weighted by atomic mass is 35.5. The van der Waals surface area contributed by atoms with Crippen LogP contribution >= 0.6 is 23.2 Å². The maximum absolute atomic E-state index is 14.5. The monoisotopic (exact) mass is 613 g/mol. The lowest BCUT2D eigenvalue weighted by Crippen LogP contribution is -2.41. The van der Waals surface area contributed by atoms with Crippen molar-refractivity contribution in [3.8, 4) is 17.0 Å². The number of anilines is 2. The summed E-state index contributed by atoms with van der Waals surface area (Å²) in [5, 5.41) is 12.3. The van der Waals surface area contributed by atoms with Crippen LogP contribution in [-0.4, -0.2) is 52.9 Å². The number of aromatic nitrogens is 2. The Morgan fingerprint density at radius 2 is 1.88 bits per heavy atom. The van der Waals surface area contributed by atoms with E-state index in [0.717, 1.165) is 12.1 Å². The molecule has 2 saturated heterocycles. The molecule has 4 N–H and O–H groups in total. The lowest BCUT2D eigenvalue weighted by molar-refractivity contribution is -0.198. The minimum atomic E-state index is -4.90. The number of carboxylic acid groups (broad SMARTS) is 1. The molecule has 0 bridgehead atoms. The number of alkyl halides is 3. The first kappa shape index (κ1) is 29.2. The van der Waals surface area contributed by atoms with Crippen molar-refractivity contribution in [2.75, 3.05) is 30.3 Å². The molecule has 14 heteroatoms. The van der Waals surface area contributed by atoms with Gasteiger partial charge in [0, 0.05) is 36.3 Å². The quantitative estimate of drug-likeness (QED) is 0.295. The normalized spacial score (nSPS) is 19.4. The molecule has 0 unspecified atom stereocenters. The van der Waals surface area contributed by atoms with Gasteiger partial charge in [0.25, 0.3) is 0 Å². The van der Waals surface area contributed by atoms with Crippen molar-refractivity contribution >= 4 is 40.9 Å². The Morgan fingerprint density at radius 1 is 1.15 bits per heavy atom. The molecule has 2 aliphatic heterocycles. The van der Waals surface area contributed by atoms with Crippen LogP contribution in [0.4, 0.5) is 29.3 Å². The second-order valence-corrected chi connectivity index (χ2v) is 11.1. The van der Waals surface area contributed by atoms with E-state index in [4.69, 9.17) is 33.7 Å². The number of nitrogens with one attached hydrogen (secondary N) is 1. The van der Waals surface area contributed by atoms with Crippen molar-refractivity contribution in [2.24, 2.45) is 5.41 Å². The predicted molar refractivity (Wildman–Crippen MR) is 146 cm³/mol. The Morgan fingerprint density at radius 3 is 2.51 bits per heavy atom. The first-order chi connectivity index (χ1) is 19.3. The van der Waals surface area contributed by atoms with Gasteiger partial charge in [0.05, 0.1) is 5.02 Å². The smallest absolute Gasteiger partial charge is 0.429 e. The largest absolute Gasteiger partial charge is 0.480 e. The Bertz CT molecular complexity index is 1470. The van der Waals surface area contributed by atoms with Gasteiger partial charge in [-0.2, -0.15) is 23.1 Å². The molecule has 1 spiro atoms. The van der Waals surface area contributed by atoms with Gasteiger partial charge in [0.1, 0.15) is 17.7 Å². The molecule has 3 aromatic rings. The van der Waals surface area contributed by atoms with Gasteiger partial charge >= 0.3 is 12.1 Å². The van der Waals surface area contributed by atoms with Crippen LogP contribution < -0.4 is 20.7 Å². The number of carbonyl (C=O) groups is 1. The first-order valence-corrected chi connectivity index (χ1v) is 13.4. The Hall–Kier alpha value is -3.35. The molecule has 2 aliphatic rings. The fourth-order valence-electron chi connectivity index (χ4n) is 5.43. The molecular weight excluding hydrogens is 589 g/mol. The summed E-state index contributed by atoms with van der Waals surface area (Å²) in [6.07, 6.45) is -5.56. The minimum Gasteiger partial charge on any atom is -0.480 e. The van der Waals surface area contributed by atoms with E-state index in [1.807, 2.05) is 4.90 Å². The number of piperidine rings is 1. The Balaban J connectivity index is 1.42. The van der Waals surface area contributed by atoms with Crippen LogP contribution in [0.2, 0.25) is 10.0 Å². The summed E-state index contributed by atoms with van der Waals surface area (Å²) < 4.78 is 63.0. The number of aliphatic carboxylic acids is 1. The van der Waals surface area contributed by atoms with E-state index in [1.165, 1.54) is 30.3 Å². The first-order valence-electron chi connectivity index (χ1n) is 12.7. The van der Waals surface area contributed by atoms with E-state index >= 15 is 0 Å². The average Bonchev–Trinajstić information content (AvgIpc) is 3.32. The number of nitrogens with zero attached hydrogens (tertiary/aromatic N) is 3. The fraction of sp³-hybridized carbons (Fsp3) is 0.370. The second kappa shape index (κ2) is 11.1. The van der Waals surface area contributed by atoms with Crippen LogP contribution in [-0.2, 0) is 4.79 Å². The fourth-order valence-corrected chi connectivity index (χ4v) is 5.72. The Labute approximate surface area is 242 Å². The molecule has 0 amide bonds. The number of carboxylic acids is 1. The third-order valence-electron chi connectivity index (χ3n) is 7.58. The van der Waals surface area contributed by atoms with Gasteiger partial charge in [-0.3, -0.25) is 4.79 Å². The van der Waals surface area contributed by atoms with Crippen LogP contribution in [0, 0.1) is 11.2 Å². The average molecular weight is 614 g/mol. The topological polar surface area (TPSA) is 114 Å². The molecule has 41 heavy (non-hydrogen) atoms. The van der Waals surface area contributed by atoms with Gasteiger partial charge < -0.3 is 25.8 Å². The summed E-state index contributed by atoms with van der Waals surface area (Å²) in [4.78, 5) is 21.3. The van der Waals surface area contributed by atoms with Crippen molar-refractivity contribution in [3.63, 3.8) is 0 Å². The van der Waals surface area contributed by atoms with Crippen LogP contribution in [0.25, 0.3) is 11.1 Å². The molecule has 0 aliphatic carbocycles. The lowest BCUT2D eigenvalue weighted by Gasteiger charge is -2.39. The molecule has 3 heterocycles. The summed E-state index contributed by atoms with van der Waals surface area (Å²) in [6.45, 7) is 1.57. The number of nitrogen functional groups attached to an aromatic ring is 1. The Kier molecular flexibility index (Phi) is 7.92. The molecule has 2 aromatic carbocycles. The third kappa shape index (κ3) is 6.29. The molecule has 0 saturated carbocycles. The third-order valence-corrected chi connectivity index (χ3v) is 8.12. The van der Waals surface area contributed by atoms with E-state index in [9.17, 15) is 27.5 Å². The zero-order chi connectivity index (χ0) is 29.5. The summed E-state index contributed by atoms with van der Waals surface area (Å²) in [5.41, 5.74) is 5.51. The molecular formula is C27H25Cl2F4N5O3. The van der Waals surface area contributed by atoms with Gasteiger partial charge in [-0.05, 0) is 60.1 Å². The summed E-state index contributed by atoms with van der Waals surface area (Å²) in [7, 11) is 0. The van der Waals surface area contributed by atoms with Crippen molar-refractivity contribution < 1.29 is 32.2 Å². The highest BCUT2D eigenvalue weighted by molar-refractivity contribution is 6.31. The molecule has 8 nitrogen and oxygen atoms in total. The van der Waals surface area contributed by atoms with Gasteiger partial charge in [-0.1, -0.05) is 35.3 Å². The SMILES string of the molecule is Nc1nc(O[C@H](c2ccc(Cl)cc2-c2ccc(Cl)c(F)c2)C(F)(F)F)cc(N2CCC3(CC2)CN[C@H](C(=O)O)C3)n1. The van der Waals surface area contributed by atoms with Crippen molar-refractivity contribution in [1.82, 2.24) is 15.3 Å². The number of benzene rings is 2. The molecule has 0 radical (unpaired) electrons. The van der Waals surface area contributed by atoms with Crippen molar-refractivity contribution in [2.45, 2.75) is 37.6 Å². The number of halogens is 6. The summed E-state index contributed by atoms with van der Waals surface area (Å²) in [6, 6.07) is 8.07. The van der Waals surface area contributed by atoms with E-state index < -0.39 is 36.0 Å². The second-order valence-electron chi connectivity index (χ2n) is 10.3. The van der Waals surface area contributed by atoms with Crippen molar-refractivity contribution in [1.29, 1.82) is 0 Å². The van der Waals surface area contributed by atoms with Crippen LogP contribution in [0.3, 0.4) is 0 Å². The number of hydrogen-bond donors (Lipinski definition) is 3. The van der Waals surface area contributed by atoms with Crippen LogP contribution in [0.15, 0.2) is 42.5 Å². The predicted octanol–water partition coefficient (Wildman–Crippen LogP) is 5.89. The van der Waals surface area contributed by atoms with Gasteiger partial charge in [0.15, 0.2) is 0 Å². The zero-order valence-corrected chi connectivity index (χ0v) is 22.9. The standard InChI is InChI=1S/C27H25Cl2F4N5O3/c28-15-2-3-16(17(10-15)14-1-4-18(29)19(30)9-14)23(27(31,32)33)41-22-11-21(36-25(34)37-22)38-7-5-26(6-8-38)12-20(24(39)40)35-13-26/h1-4,9-11,20,23,35H,5-8,12-13H2,(H,39,40)(H2,34,36,37)/t20-,23+/m0/s1. The minimum absolute atomic E-state index is 0.00353. The van der Waals surface area contributed by atoms with E-state index in [1.54, 1.807) is 0 Å². The lowest BCUT2D eigenvalue weighted by atomic mass is 9.76. The molecule has 218 valence electrons. The van der Waals surface area contributed by atoms with E-state index in [0.29, 0.717) is 44.7 Å². The maximum atomic E-state index is 14.5. The van der Waals surface area contributed by atoms with Gasteiger partial charge in [-0.15, -0.1) is 0 Å². The molecule has 2 atom stereocenters. The van der Waals surface area contributed by atoms with E-state index in [2.05, 4.69) is 15.3 Å². The molecule has 5 rings (SSSR count). The van der Waals surface area contributed by atoms with Crippen LogP contribution in [0.5, 0.6) is 5.88 Å². The molecule has 2 fully saturated rings. The molecule has 1 aromatic heterocycles. The van der Waals surface area contributed by atoms with Gasteiger partial charge in [-0.25, -0.2) is 4.39 Å². The summed E-state index contributed by atoms with van der Waals surface area (Å²) in [5.74, 6) is -2.07. The van der Waals surface area contributed by atoms with E-state index in [-0.39, 0.29) is 38.1 Å². The summed E-state index contributed by atoms with van der Waals surface area (Å²) >= 11 is 11.9. The number of hydrogen-bond acceptors (Lipinski definition) is 7. The number of nitrogens with two attached hydrogens (primary N) is 1. The van der Waals surface area contributed by atoms with Crippen LogP contribution in [0.1, 0.15) is 30.9 Å². The van der Waals surface area contributed by atoms with Gasteiger partial charge in [0.2, 0.25) is 17.9 Å². The number of ether oxygens (including phenoxy) is 1.